The first-order chi connectivity index (χ1) is 13.4. The number of benzene rings is 1. The Morgan fingerprint density at radius 1 is 1.14 bits per heavy atom. The molecule has 1 unspecified atom stereocenters. The van der Waals surface area contributed by atoms with E-state index in [1.165, 1.54) is 6.42 Å². The highest BCUT2D eigenvalue weighted by Crippen LogP contribution is 2.50. The van der Waals surface area contributed by atoms with Gasteiger partial charge in [-0.1, -0.05) is 42.5 Å². The number of unbranched alkanes of at least 4 members (excludes halogenated alkanes) is 1. The van der Waals surface area contributed by atoms with Crippen LogP contribution in [0, 0.1) is 17.8 Å². The molecule has 6 heteroatoms. The van der Waals surface area contributed by atoms with Crippen molar-refractivity contribution in [3.05, 3.63) is 48.0 Å². The van der Waals surface area contributed by atoms with E-state index in [2.05, 4.69) is 16.9 Å². The number of hydrogen-bond donors (Lipinski definition) is 2. The molecule has 28 heavy (non-hydrogen) atoms. The van der Waals surface area contributed by atoms with Gasteiger partial charge >= 0.3 is 5.97 Å². The lowest BCUT2D eigenvalue weighted by Gasteiger charge is -2.31. The molecule has 4 atom stereocenters. The number of rotatable bonds is 11. The van der Waals surface area contributed by atoms with Crippen molar-refractivity contribution in [2.45, 2.75) is 57.4 Å². The van der Waals surface area contributed by atoms with Gasteiger partial charge in [0.05, 0.1) is 5.75 Å². The van der Waals surface area contributed by atoms with Crippen LogP contribution in [0.3, 0.4) is 0 Å². The van der Waals surface area contributed by atoms with Crippen molar-refractivity contribution < 1.29 is 18.3 Å². The molecular formula is C22H31NO4S. The fourth-order valence-corrected chi connectivity index (χ4v) is 6.24. The molecule has 0 saturated heterocycles. The largest absolute Gasteiger partial charge is 0.481 e. The van der Waals surface area contributed by atoms with Crippen molar-refractivity contribution in [3.63, 3.8) is 0 Å². The minimum atomic E-state index is -3.31. The molecule has 154 valence electrons. The molecular weight excluding hydrogens is 374 g/mol. The number of sulfonamides is 1. The molecule has 2 saturated carbocycles. The summed E-state index contributed by atoms with van der Waals surface area (Å²) < 4.78 is 28.4. The van der Waals surface area contributed by atoms with E-state index in [-0.39, 0.29) is 18.2 Å². The van der Waals surface area contributed by atoms with Gasteiger partial charge in [-0.2, -0.15) is 0 Å². The van der Waals surface area contributed by atoms with Crippen molar-refractivity contribution in [2.24, 2.45) is 17.8 Å². The van der Waals surface area contributed by atoms with Gasteiger partial charge in [0.25, 0.3) is 0 Å². The highest BCUT2D eigenvalue weighted by atomic mass is 32.2. The zero-order valence-corrected chi connectivity index (χ0v) is 17.1. The Morgan fingerprint density at radius 3 is 2.64 bits per heavy atom. The van der Waals surface area contributed by atoms with Crippen LogP contribution < -0.4 is 4.72 Å². The zero-order valence-electron chi connectivity index (χ0n) is 16.3. The summed E-state index contributed by atoms with van der Waals surface area (Å²) in [5.74, 6) is 0.799. The van der Waals surface area contributed by atoms with Crippen LogP contribution in [-0.2, 0) is 21.2 Å². The Hall–Kier alpha value is -1.66. The van der Waals surface area contributed by atoms with Crippen molar-refractivity contribution in [1.29, 1.82) is 0 Å². The highest BCUT2D eigenvalue weighted by Gasteiger charge is 2.47. The van der Waals surface area contributed by atoms with Crippen LogP contribution in [0.2, 0.25) is 0 Å². The first kappa shape index (κ1) is 21.1. The van der Waals surface area contributed by atoms with Crippen LogP contribution in [-0.4, -0.2) is 31.3 Å². The van der Waals surface area contributed by atoms with E-state index in [1.807, 2.05) is 30.3 Å². The van der Waals surface area contributed by atoms with Gasteiger partial charge in [0, 0.05) is 12.5 Å². The smallest absolute Gasteiger partial charge is 0.303 e. The number of aryl methyl sites for hydroxylation is 1. The number of fused-ring (bicyclic) bond motifs is 2. The third kappa shape index (κ3) is 5.92. The summed E-state index contributed by atoms with van der Waals surface area (Å²) in [5.41, 5.74) is 1.04. The van der Waals surface area contributed by atoms with Crippen LogP contribution in [0.1, 0.15) is 50.5 Å². The van der Waals surface area contributed by atoms with Gasteiger partial charge in [-0.15, -0.1) is 0 Å². The molecule has 0 amide bonds. The Labute approximate surface area is 168 Å². The SMILES string of the molecule is O=C(O)CCC/C=C\C[C@H]1[C@@H]2CCC(C2)[C@@H]1NS(=O)(=O)CCc1ccccc1. The number of nitrogens with one attached hydrogen (secondary N) is 1. The third-order valence-electron chi connectivity index (χ3n) is 6.24. The second-order valence-electron chi connectivity index (χ2n) is 8.19. The number of hydrogen-bond acceptors (Lipinski definition) is 3. The van der Waals surface area contributed by atoms with Crippen LogP contribution in [0.5, 0.6) is 0 Å². The van der Waals surface area contributed by atoms with Gasteiger partial charge < -0.3 is 5.11 Å². The molecule has 2 aliphatic carbocycles. The standard InChI is InChI=1S/C22H31NO4S/c24-21(25)11-7-2-1-6-10-20-18-12-13-19(16-18)22(20)23-28(26,27)15-14-17-8-4-3-5-9-17/h1,3-6,8-9,18-20,22-23H,2,7,10-16H2,(H,24,25)/b6-1-/t18-,19?,20+,22+/m1/s1. The van der Waals surface area contributed by atoms with E-state index in [1.54, 1.807) is 0 Å². The molecule has 5 nitrogen and oxygen atoms in total. The first-order valence-corrected chi connectivity index (χ1v) is 12.0. The number of carboxylic acids is 1. The lowest BCUT2D eigenvalue weighted by Crippen LogP contribution is -2.44. The first-order valence-electron chi connectivity index (χ1n) is 10.4. The monoisotopic (exact) mass is 405 g/mol. The minimum Gasteiger partial charge on any atom is -0.481 e. The quantitative estimate of drug-likeness (QED) is 0.434. The maximum Gasteiger partial charge on any atom is 0.303 e. The van der Waals surface area contributed by atoms with Crippen molar-refractivity contribution in [3.8, 4) is 0 Å². The summed E-state index contributed by atoms with van der Waals surface area (Å²) in [5, 5.41) is 8.68. The maximum atomic E-state index is 12.7. The van der Waals surface area contributed by atoms with Crippen LogP contribution in [0.25, 0.3) is 0 Å². The lowest BCUT2D eigenvalue weighted by atomic mass is 9.83. The molecule has 2 bridgehead atoms. The molecule has 1 aromatic carbocycles. The second-order valence-corrected chi connectivity index (χ2v) is 10.1. The molecule has 1 aromatic rings. The summed E-state index contributed by atoms with van der Waals surface area (Å²) in [6.45, 7) is 0. The topological polar surface area (TPSA) is 83.5 Å². The van der Waals surface area contributed by atoms with E-state index in [0.29, 0.717) is 30.6 Å². The second kappa shape index (κ2) is 9.70. The number of carbonyl (C=O) groups is 1. The van der Waals surface area contributed by atoms with Crippen LogP contribution in [0.15, 0.2) is 42.5 Å². The maximum absolute atomic E-state index is 12.7. The summed E-state index contributed by atoms with van der Waals surface area (Å²) in [4.78, 5) is 10.6. The van der Waals surface area contributed by atoms with E-state index < -0.39 is 16.0 Å². The van der Waals surface area contributed by atoms with Crippen molar-refractivity contribution in [1.82, 2.24) is 4.72 Å². The summed E-state index contributed by atoms with van der Waals surface area (Å²) >= 11 is 0. The minimum absolute atomic E-state index is 0.0446. The third-order valence-corrected chi connectivity index (χ3v) is 7.62. The fourth-order valence-electron chi connectivity index (χ4n) is 4.84. The summed E-state index contributed by atoms with van der Waals surface area (Å²) in [7, 11) is -3.31. The van der Waals surface area contributed by atoms with Crippen molar-refractivity contribution in [2.75, 3.05) is 5.75 Å². The molecule has 2 fully saturated rings. The predicted octanol–water partition coefficient (Wildman–Crippen LogP) is 3.76. The molecule has 0 radical (unpaired) electrons. The zero-order chi connectivity index (χ0) is 20.0. The van der Waals surface area contributed by atoms with Gasteiger partial charge in [-0.3, -0.25) is 4.79 Å². The predicted molar refractivity (Wildman–Crippen MR) is 110 cm³/mol. The van der Waals surface area contributed by atoms with Crippen LogP contribution >= 0.6 is 0 Å². The molecule has 0 aromatic heterocycles. The Bertz CT molecular complexity index is 775. The molecule has 0 spiro atoms. The van der Waals surface area contributed by atoms with E-state index in [4.69, 9.17) is 5.11 Å². The Morgan fingerprint density at radius 2 is 1.89 bits per heavy atom. The average molecular weight is 406 g/mol. The van der Waals surface area contributed by atoms with E-state index >= 15 is 0 Å². The Kier molecular flexibility index (Phi) is 7.30. The Balaban J connectivity index is 1.52. The summed E-state index contributed by atoms with van der Waals surface area (Å²) in [6, 6.07) is 9.78. The van der Waals surface area contributed by atoms with Crippen LogP contribution in [0.4, 0.5) is 0 Å². The molecule has 2 N–H and O–H groups in total. The number of allylic oxidation sites excluding steroid dienone is 2. The summed E-state index contributed by atoms with van der Waals surface area (Å²) in [6.07, 6.45) is 10.6. The molecule has 3 rings (SSSR count). The van der Waals surface area contributed by atoms with E-state index in [9.17, 15) is 13.2 Å². The average Bonchev–Trinajstić information content (AvgIpc) is 3.26. The molecule has 0 heterocycles. The molecule has 0 aliphatic heterocycles. The number of carboxylic acid groups (broad SMARTS) is 1. The van der Waals surface area contributed by atoms with E-state index in [0.717, 1.165) is 31.2 Å². The van der Waals surface area contributed by atoms with Gasteiger partial charge in [-0.05, 0) is 68.3 Å². The van der Waals surface area contributed by atoms with Gasteiger partial charge in [0.15, 0.2) is 0 Å². The van der Waals surface area contributed by atoms with Gasteiger partial charge in [0.1, 0.15) is 0 Å². The lowest BCUT2D eigenvalue weighted by molar-refractivity contribution is -0.137. The normalized spacial score (nSPS) is 26.9. The fraction of sp³-hybridized carbons (Fsp3) is 0.591. The number of aliphatic carboxylic acids is 1. The van der Waals surface area contributed by atoms with Gasteiger partial charge in [-0.25, -0.2) is 13.1 Å². The highest BCUT2D eigenvalue weighted by molar-refractivity contribution is 7.89. The van der Waals surface area contributed by atoms with Crippen molar-refractivity contribution >= 4 is 16.0 Å². The van der Waals surface area contributed by atoms with Gasteiger partial charge in [0.2, 0.25) is 10.0 Å². The molecule has 2 aliphatic rings.